The zero-order valence-corrected chi connectivity index (χ0v) is 14.4. The molecule has 0 aliphatic rings. The van der Waals surface area contributed by atoms with Gasteiger partial charge in [-0.15, -0.1) is 0 Å². The number of methoxy groups -OCH3 is 1. The minimum Gasteiger partial charge on any atom is -0.496 e. The van der Waals surface area contributed by atoms with Gasteiger partial charge in [-0.1, -0.05) is 18.2 Å². The van der Waals surface area contributed by atoms with Crippen molar-refractivity contribution in [3.63, 3.8) is 0 Å². The van der Waals surface area contributed by atoms with E-state index in [9.17, 15) is 9.59 Å². The highest BCUT2D eigenvalue weighted by molar-refractivity contribution is 7.98. The number of carboxylic acids is 1. The monoisotopic (exact) mass is 338 g/mol. The van der Waals surface area contributed by atoms with Gasteiger partial charge < -0.3 is 15.2 Å². The van der Waals surface area contributed by atoms with E-state index >= 15 is 0 Å². The minimum atomic E-state index is -1.14. The summed E-state index contributed by atoms with van der Waals surface area (Å²) in [4.78, 5) is 24.9. The van der Waals surface area contributed by atoms with Gasteiger partial charge in [0.05, 0.1) is 13.7 Å². The molecule has 0 saturated carbocycles. The number of aliphatic carboxylic acids is 1. The maximum Gasteiger partial charge on any atom is 0.352 e. The first-order valence-corrected chi connectivity index (χ1v) is 8.40. The fourth-order valence-electron chi connectivity index (χ4n) is 1.97. The fourth-order valence-corrected chi connectivity index (χ4v) is 2.31. The quantitative estimate of drug-likeness (QED) is 0.666. The van der Waals surface area contributed by atoms with Gasteiger partial charge in [0.25, 0.3) is 0 Å². The van der Waals surface area contributed by atoms with Crippen LogP contribution < -0.4 is 10.1 Å². The van der Waals surface area contributed by atoms with Crippen LogP contribution in [0.25, 0.3) is 0 Å². The number of hydrogen-bond acceptors (Lipinski definition) is 5. The molecule has 6 nitrogen and oxygen atoms in total. The molecule has 1 rings (SSSR count). The van der Waals surface area contributed by atoms with E-state index in [2.05, 4.69) is 5.32 Å². The Balaban J connectivity index is 2.60. The highest BCUT2D eigenvalue weighted by atomic mass is 32.2. The number of thioether (sulfide) groups is 1. The molecule has 0 spiro atoms. The Morgan fingerprint density at radius 2 is 2.09 bits per heavy atom. The van der Waals surface area contributed by atoms with Crippen molar-refractivity contribution in [1.82, 2.24) is 10.2 Å². The maximum atomic E-state index is 12.0. The highest BCUT2D eigenvalue weighted by Gasteiger charge is 2.14. The molecular weight excluding hydrogens is 316 g/mol. The number of rotatable bonds is 9. The standard InChI is InChI=1S/C16H22N2O4S/c1-18(10-12-6-4-5-7-14(12)22-2)11-15(19)17-13(16(20)21)8-9-23-3/h4-8H,9-11H2,1-3H3,(H,17,19)(H,20,21)/b13-8+. The minimum absolute atomic E-state index is 0.0853. The number of para-hydroxylation sites is 1. The van der Waals surface area contributed by atoms with Crippen LogP contribution in [-0.2, 0) is 16.1 Å². The van der Waals surface area contributed by atoms with E-state index in [1.165, 1.54) is 17.8 Å². The van der Waals surface area contributed by atoms with Crippen molar-refractivity contribution in [3.05, 3.63) is 41.6 Å². The second-order valence-electron chi connectivity index (χ2n) is 4.91. The van der Waals surface area contributed by atoms with Crippen LogP contribution in [-0.4, -0.2) is 54.6 Å². The van der Waals surface area contributed by atoms with Crippen LogP contribution in [0.1, 0.15) is 5.56 Å². The molecule has 0 bridgehead atoms. The summed E-state index contributed by atoms with van der Waals surface area (Å²) in [6.45, 7) is 0.607. The number of likely N-dealkylation sites (N-methyl/N-ethyl adjacent to an activating group) is 1. The average Bonchev–Trinajstić information content (AvgIpc) is 2.51. The topological polar surface area (TPSA) is 78.9 Å². The van der Waals surface area contributed by atoms with E-state index in [4.69, 9.17) is 9.84 Å². The lowest BCUT2D eigenvalue weighted by atomic mass is 10.2. The van der Waals surface area contributed by atoms with Crippen molar-refractivity contribution >= 4 is 23.6 Å². The Morgan fingerprint density at radius 3 is 2.70 bits per heavy atom. The molecule has 126 valence electrons. The molecule has 0 heterocycles. The van der Waals surface area contributed by atoms with Crippen LogP contribution in [0.2, 0.25) is 0 Å². The van der Waals surface area contributed by atoms with Gasteiger partial charge >= 0.3 is 5.97 Å². The largest absolute Gasteiger partial charge is 0.496 e. The fraction of sp³-hybridized carbons (Fsp3) is 0.375. The normalized spacial score (nSPS) is 11.4. The lowest BCUT2D eigenvalue weighted by molar-refractivity contribution is -0.134. The molecular formula is C16H22N2O4S. The van der Waals surface area contributed by atoms with Crippen molar-refractivity contribution in [2.24, 2.45) is 0 Å². The summed E-state index contributed by atoms with van der Waals surface area (Å²) in [6, 6.07) is 7.56. The Morgan fingerprint density at radius 1 is 1.39 bits per heavy atom. The van der Waals surface area contributed by atoms with Crippen LogP contribution in [0.3, 0.4) is 0 Å². The number of ether oxygens (including phenoxy) is 1. The van der Waals surface area contributed by atoms with Gasteiger partial charge in [0.15, 0.2) is 0 Å². The SMILES string of the molecule is COc1ccccc1CN(C)CC(=O)N/C(=C/CSC)C(=O)O. The first-order valence-electron chi connectivity index (χ1n) is 7.00. The van der Waals surface area contributed by atoms with Crippen LogP contribution in [0, 0.1) is 0 Å². The molecule has 0 aliphatic heterocycles. The molecule has 0 aromatic heterocycles. The molecule has 1 amide bonds. The molecule has 0 fully saturated rings. The van der Waals surface area contributed by atoms with Gasteiger partial charge in [-0.2, -0.15) is 11.8 Å². The molecule has 1 aromatic carbocycles. The van der Waals surface area contributed by atoms with Crippen molar-refractivity contribution in [2.75, 3.05) is 32.7 Å². The van der Waals surface area contributed by atoms with Crippen molar-refractivity contribution in [3.8, 4) is 5.75 Å². The zero-order chi connectivity index (χ0) is 17.2. The lowest BCUT2D eigenvalue weighted by Crippen LogP contribution is -2.36. The number of carbonyl (C=O) groups is 2. The number of nitrogens with one attached hydrogen (secondary N) is 1. The van der Waals surface area contributed by atoms with Crippen LogP contribution in [0.5, 0.6) is 5.75 Å². The molecule has 0 saturated heterocycles. The number of nitrogens with zero attached hydrogens (tertiary/aromatic N) is 1. The van der Waals surface area contributed by atoms with Gasteiger partial charge in [0.1, 0.15) is 11.4 Å². The lowest BCUT2D eigenvalue weighted by Gasteiger charge is -2.18. The third kappa shape index (κ3) is 6.75. The van der Waals surface area contributed by atoms with E-state index in [0.717, 1.165) is 11.3 Å². The second kappa shape index (κ2) is 9.91. The smallest absolute Gasteiger partial charge is 0.352 e. The molecule has 0 unspecified atom stereocenters. The molecule has 23 heavy (non-hydrogen) atoms. The van der Waals surface area contributed by atoms with Crippen molar-refractivity contribution in [2.45, 2.75) is 6.54 Å². The third-order valence-corrected chi connectivity index (χ3v) is 3.50. The summed E-state index contributed by atoms with van der Waals surface area (Å²) in [7, 11) is 3.39. The van der Waals surface area contributed by atoms with E-state index in [1.54, 1.807) is 19.1 Å². The molecule has 7 heteroatoms. The number of benzene rings is 1. The summed E-state index contributed by atoms with van der Waals surface area (Å²) in [5, 5.41) is 11.5. The van der Waals surface area contributed by atoms with Crippen LogP contribution in [0.4, 0.5) is 0 Å². The summed E-state index contributed by atoms with van der Waals surface area (Å²) in [5.74, 6) is -0.221. The Bertz CT molecular complexity index is 575. The highest BCUT2D eigenvalue weighted by Crippen LogP contribution is 2.18. The van der Waals surface area contributed by atoms with Crippen molar-refractivity contribution in [1.29, 1.82) is 0 Å². The molecule has 1 aromatic rings. The molecule has 0 radical (unpaired) electrons. The predicted molar refractivity (Wildman–Crippen MR) is 91.6 cm³/mol. The third-order valence-electron chi connectivity index (χ3n) is 3.00. The second-order valence-corrected chi connectivity index (χ2v) is 5.82. The van der Waals surface area contributed by atoms with Crippen LogP contribution >= 0.6 is 11.8 Å². The Labute approximate surface area is 140 Å². The number of hydrogen-bond donors (Lipinski definition) is 2. The first kappa shape index (κ1) is 19.1. The van der Waals surface area contributed by atoms with Crippen molar-refractivity contribution < 1.29 is 19.4 Å². The number of carboxylic acid groups (broad SMARTS) is 1. The zero-order valence-electron chi connectivity index (χ0n) is 13.5. The van der Waals surface area contributed by atoms with Gasteiger partial charge in [-0.3, -0.25) is 9.69 Å². The summed E-state index contributed by atoms with van der Waals surface area (Å²) < 4.78 is 5.28. The van der Waals surface area contributed by atoms with E-state index in [0.29, 0.717) is 12.3 Å². The summed E-state index contributed by atoms with van der Waals surface area (Å²) >= 11 is 1.48. The molecule has 0 aliphatic carbocycles. The van der Waals surface area contributed by atoms with E-state index < -0.39 is 5.97 Å². The number of amides is 1. The van der Waals surface area contributed by atoms with Gasteiger partial charge in [0.2, 0.25) is 5.91 Å². The molecule has 2 N–H and O–H groups in total. The van der Waals surface area contributed by atoms with Gasteiger partial charge in [0, 0.05) is 17.9 Å². The molecule has 0 atom stereocenters. The summed E-state index contributed by atoms with van der Waals surface area (Å²) in [5.41, 5.74) is 0.872. The predicted octanol–water partition coefficient (Wildman–Crippen LogP) is 1.57. The average molecular weight is 338 g/mol. The number of carbonyl (C=O) groups excluding carboxylic acids is 1. The van der Waals surface area contributed by atoms with Crippen LogP contribution in [0.15, 0.2) is 36.0 Å². The maximum absolute atomic E-state index is 12.0. The van der Waals surface area contributed by atoms with E-state index in [-0.39, 0.29) is 18.1 Å². The van der Waals surface area contributed by atoms with Gasteiger partial charge in [-0.25, -0.2) is 4.79 Å². The van der Waals surface area contributed by atoms with E-state index in [1.807, 2.05) is 30.5 Å². The Hall–Kier alpha value is -1.99. The first-order chi connectivity index (χ1) is 11.0. The Kier molecular flexibility index (Phi) is 8.21. The summed E-state index contributed by atoms with van der Waals surface area (Å²) in [6.07, 6.45) is 3.35. The van der Waals surface area contributed by atoms with Gasteiger partial charge in [-0.05, 0) is 25.4 Å².